The van der Waals surface area contributed by atoms with Crippen LogP contribution in [0.25, 0.3) is 0 Å². The second-order valence-electron chi connectivity index (χ2n) is 5.89. The number of carboxylic acid groups (broad SMARTS) is 1. The highest BCUT2D eigenvalue weighted by Gasteiger charge is 2.71. The molecule has 1 N–H and O–H groups in total. The van der Waals surface area contributed by atoms with Crippen molar-refractivity contribution in [3.63, 3.8) is 0 Å². The fraction of sp³-hybridized carbons (Fsp3) is 0.769. The summed E-state index contributed by atoms with van der Waals surface area (Å²) in [7, 11) is 0. The van der Waals surface area contributed by atoms with Crippen molar-refractivity contribution in [1.82, 2.24) is 0 Å². The Kier molecular flexibility index (Phi) is 3.78. The summed E-state index contributed by atoms with van der Waals surface area (Å²) >= 11 is 0. The van der Waals surface area contributed by atoms with Crippen LogP contribution in [-0.2, 0) is 4.79 Å². The van der Waals surface area contributed by atoms with E-state index >= 15 is 0 Å². The molecule has 0 saturated heterocycles. The smallest absolute Gasteiger partial charge is 0.403 e. The average molecular weight is 316 g/mol. The molecule has 2 nitrogen and oxygen atoms in total. The molecule has 0 radical (unpaired) electrons. The van der Waals surface area contributed by atoms with Crippen LogP contribution >= 0.6 is 0 Å². The van der Waals surface area contributed by atoms with Gasteiger partial charge in [0.05, 0.1) is 6.42 Å². The van der Waals surface area contributed by atoms with E-state index in [0.717, 1.165) is 0 Å². The lowest BCUT2D eigenvalue weighted by Gasteiger charge is -2.39. The second kappa shape index (κ2) is 4.91. The zero-order chi connectivity index (χ0) is 16.1. The summed E-state index contributed by atoms with van der Waals surface area (Å²) < 4.78 is 78.8. The molecule has 2 aliphatic rings. The number of allylic oxidation sites excluding steroid dienone is 2. The number of alkyl halides is 6. The van der Waals surface area contributed by atoms with Crippen molar-refractivity contribution in [2.75, 3.05) is 0 Å². The fourth-order valence-electron chi connectivity index (χ4n) is 3.50. The van der Waals surface area contributed by atoms with Gasteiger partial charge >= 0.3 is 18.3 Å². The van der Waals surface area contributed by atoms with Crippen molar-refractivity contribution in [3.05, 3.63) is 12.2 Å². The minimum atomic E-state index is -5.64. The first kappa shape index (κ1) is 16.2. The van der Waals surface area contributed by atoms with Gasteiger partial charge in [-0.25, -0.2) is 0 Å². The molecular formula is C13H14F6O2. The lowest BCUT2D eigenvalue weighted by Crippen LogP contribution is -2.52. The molecule has 120 valence electrons. The number of halogens is 6. The third-order valence-corrected chi connectivity index (χ3v) is 4.57. The topological polar surface area (TPSA) is 37.3 Å². The van der Waals surface area contributed by atoms with Gasteiger partial charge in [0.25, 0.3) is 0 Å². The van der Waals surface area contributed by atoms with Gasteiger partial charge in [0, 0.05) is 0 Å². The summed E-state index contributed by atoms with van der Waals surface area (Å²) in [6.45, 7) is 0. The van der Waals surface area contributed by atoms with Crippen LogP contribution in [-0.4, -0.2) is 23.4 Å². The Bertz CT molecular complexity index is 437. The summed E-state index contributed by atoms with van der Waals surface area (Å²) in [6, 6.07) is 0. The first-order valence-electron chi connectivity index (χ1n) is 6.50. The van der Waals surface area contributed by atoms with Gasteiger partial charge in [-0.05, 0) is 37.0 Å². The molecule has 0 aromatic heterocycles. The van der Waals surface area contributed by atoms with Crippen molar-refractivity contribution >= 4 is 5.97 Å². The number of aliphatic carboxylic acids is 1. The normalized spacial score (nSPS) is 29.1. The van der Waals surface area contributed by atoms with E-state index in [0.29, 0.717) is 6.42 Å². The van der Waals surface area contributed by atoms with E-state index in [1.165, 1.54) is 0 Å². The van der Waals surface area contributed by atoms with E-state index in [4.69, 9.17) is 5.11 Å². The maximum absolute atomic E-state index is 13.1. The fourth-order valence-corrected chi connectivity index (χ4v) is 3.50. The zero-order valence-corrected chi connectivity index (χ0v) is 10.8. The molecule has 2 rings (SSSR count). The van der Waals surface area contributed by atoms with Crippen LogP contribution in [0.3, 0.4) is 0 Å². The van der Waals surface area contributed by atoms with Crippen molar-refractivity contribution in [3.8, 4) is 0 Å². The van der Waals surface area contributed by atoms with Crippen LogP contribution in [0.5, 0.6) is 0 Å². The second-order valence-corrected chi connectivity index (χ2v) is 5.89. The molecule has 0 aromatic rings. The summed E-state index contributed by atoms with van der Waals surface area (Å²) in [5.41, 5.74) is -4.17. The highest BCUT2D eigenvalue weighted by atomic mass is 19.4. The van der Waals surface area contributed by atoms with Gasteiger partial charge in [-0.1, -0.05) is 12.2 Å². The van der Waals surface area contributed by atoms with Crippen molar-refractivity contribution < 1.29 is 36.2 Å². The van der Waals surface area contributed by atoms with Crippen LogP contribution in [0.15, 0.2) is 12.2 Å². The lowest BCUT2D eigenvalue weighted by molar-refractivity contribution is -0.347. The molecule has 2 bridgehead atoms. The lowest BCUT2D eigenvalue weighted by atomic mass is 9.72. The number of fused-ring (bicyclic) bond motifs is 2. The number of hydrogen-bond acceptors (Lipinski definition) is 1. The van der Waals surface area contributed by atoms with Gasteiger partial charge in [-0.2, -0.15) is 26.3 Å². The molecule has 0 aliphatic heterocycles. The van der Waals surface area contributed by atoms with E-state index in [-0.39, 0.29) is 18.3 Å². The summed E-state index contributed by atoms with van der Waals surface area (Å²) in [5, 5.41) is 8.57. The zero-order valence-electron chi connectivity index (χ0n) is 10.8. The van der Waals surface area contributed by atoms with Crippen molar-refractivity contribution in [1.29, 1.82) is 0 Å². The Labute approximate surface area is 116 Å². The number of rotatable bonds is 4. The Morgan fingerprint density at radius 1 is 1.05 bits per heavy atom. The first-order valence-corrected chi connectivity index (χ1v) is 6.50. The van der Waals surface area contributed by atoms with Gasteiger partial charge in [-0.15, -0.1) is 0 Å². The molecule has 0 aromatic carbocycles. The molecule has 8 heteroatoms. The van der Waals surface area contributed by atoms with Crippen molar-refractivity contribution in [2.24, 2.45) is 23.2 Å². The summed E-state index contributed by atoms with van der Waals surface area (Å²) in [5.74, 6) is -3.16. The van der Waals surface area contributed by atoms with E-state index in [9.17, 15) is 31.1 Å². The van der Waals surface area contributed by atoms with Crippen LogP contribution in [0, 0.1) is 23.2 Å². The highest BCUT2D eigenvalue weighted by molar-refractivity contribution is 5.68. The molecule has 3 atom stereocenters. The Morgan fingerprint density at radius 2 is 1.62 bits per heavy atom. The van der Waals surface area contributed by atoms with Crippen LogP contribution in [0.1, 0.15) is 25.7 Å². The van der Waals surface area contributed by atoms with E-state index in [1.54, 1.807) is 12.2 Å². The average Bonchev–Trinajstić information content (AvgIpc) is 2.85. The van der Waals surface area contributed by atoms with Gasteiger partial charge in [0.15, 0.2) is 5.41 Å². The minimum Gasteiger partial charge on any atom is -0.481 e. The van der Waals surface area contributed by atoms with Gasteiger partial charge < -0.3 is 5.11 Å². The monoisotopic (exact) mass is 316 g/mol. The third kappa shape index (κ3) is 2.76. The molecule has 1 fully saturated rings. The molecule has 21 heavy (non-hydrogen) atoms. The molecule has 2 aliphatic carbocycles. The largest absolute Gasteiger partial charge is 0.481 e. The van der Waals surface area contributed by atoms with E-state index in [2.05, 4.69) is 0 Å². The minimum absolute atomic E-state index is 0.0176. The van der Waals surface area contributed by atoms with Gasteiger partial charge in [-0.3, -0.25) is 4.79 Å². The van der Waals surface area contributed by atoms with E-state index < -0.39 is 42.5 Å². The van der Waals surface area contributed by atoms with E-state index in [1.807, 2.05) is 0 Å². The van der Waals surface area contributed by atoms with Crippen LogP contribution in [0.2, 0.25) is 0 Å². The Morgan fingerprint density at radius 3 is 1.95 bits per heavy atom. The number of hydrogen-bond donors (Lipinski definition) is 1. The SMILES string of the molecule is O=C(O)CC(CC1CC2C=CC1C2)(C(F)(F)F)C(F)(F)F. The van der Waals surface area contributed by atoms with Gasteiger partial charge in [0.2, 0.25) is 0 Å². The quantitative estimate of drug-likeness (QED) is 0.624. The molecule has 0 spiro atoms. The van der Waals surface area contributed by atoms with Crippen molar-refractivity contribution in [2.45, 2.75) is 38.0 Å². The highest BCUT2D eigenvalue weighted by Crippen LogP contribution is 2.59. The Balaban J connectivity index is 2.34. The summed E-state index contributed by atoms with van der Waals surface area (Å²) in [6.07, 6.45) is -10.2. The molecular weight excluding hydrogens is 302 g/mol. The number of carbonyl (C=O) groups is 1. The maximum atomic E-state index is 13.1. The predicted molar refractivity (Wildman–Crippen MR) is 60.3 cm³/mol. The maximum Gasteiger partial charge on any atom is 0.403 e. The summed E-state index contributed by atoms with van der Waals surface area (Å²) in [4.78, 5) is 10.6. The molecule has 0 heterocycles. The first-order chi connectivity index (χ1) is 9.46. The predicted octanol–water partition coefficient (Wildman–Crippen LogP) is 4.17. The standard InChI is InChI=1S/C13H14F6O2/c14-12(15,16)11(6-10(20)21,13(17,18)19)5-9-4-7-1-2-8(9)3-7/h1-2,7-9H,3-6H2,(H,20,21). The van der Waals surface area contributed by atoms with Crippen LogP contribution < -0.4 is 0 Å². The molecule has 3 unspecified atom stereocenters. The Hall–Kier alpha value is -1.21. The molecule has 1 saturated carbocycles. The molecule has 0 amide bonds. The van der Waals surface area contributed by atoms with Gasteiger partial charge in [0.1, 0.15) is 0 Å². The number of carboxylic acids is 1. The van der Waals surface area contributed by atoms with Crippen LogP contribution in [0.4, 0.5) is 26.3 Å². The third-order valence-electron chi connectivity index (χ3n) is 4.57.